The summed E-state index contributed by atoms with van der Waals surface area (Å²) in [4.78, 5) is 20.9. The molecule has 0 radical (unpaired) electrons. The molecule has 0 aliphatic carbocycles. The molecule has 4 rings (SSSR count). The Balaban J connectivity index is 1.55. The molecule has 7 nitrogen and oxygen atoms in total. The number of pyridine rings is 1. The van der Waals surface area contributed by atoms with Crippen molar-refractivity contribution in [2.24, 2.45) is 0 Å². The molecular weight excluding hydrogens is 391 g/mol. The lowest BCUT2D eigenvalue weighted by Gasteiger charge is -2.34. The summed E-state index contributed by atoms with van der Waals surface area (Å²) in [6, 6.07) is 4.97. The van der Waals surface area contributed by atoms with Gasteiger partial charge in [0.2, 0.25) is 0 Å². The van der Waals surface area contributed by atoms with Gasteiger partial charge in [-0.3, -0.25) is 5.32 Å². The lowest BCUT2D eigenvalue weighted by atomic mass is 10.0. The Bertz CT molecular complexity index is 1050. The van der Waals surface area contributed by atoms with E-state index >= 15 is 0 Å². The standard InChI is InChI=1S/C20H23FN6OS/c1-12-24-25-19(29-12)14-8-13-10-18(22-11-16(13)17(21)9-14)23-20(28)27(3)15-4-6-26(2)7-5-15/h8-11,15H,4-7H2,1-3H3,(H,22,23,28). The topological polar surface area (TPSA) is 74.2 Å². The van der Waals surface area contributed by atoms with E-state index in [1.54, 1.807) is 11.0 Å². The van der Waals surface area contributed by atoms with Crippen LogP contribution >= 0.6 is 11.3 Å². The van der Waals surface area contributed by atoms with Crippen LogP contribution < -0.4 is 5.32 Å². The van der Waals surface area contributed by atoms with Crippen LogP contribution in [0.3, 0.4) is 0 Å². The van der Waals surface area contributed by atoms with Gasteiger partial charge in [0, 0.05) is 30.2 Å². The van der Waals surface area contributed by atoms with Crippen LogP contribution in [0.15, 0.2) is 24.4 Å². The zero-order valence-electron chi connectivity index (χ0n) is 16.6. The predicted octanol–water partition coefficient (Wildman–Crippen LogP) is 3.76. The van der Waals surface area contributed by atoms with E-state index in [4.69, 9.17) is 0 Å². The van der Waals surface area contributed by atoms with Gasteiger partial charge in [-0.2, -0.15) is 0 Å². The molecule has 152 valence electrons. The number of rotatable bonds is 3. The van der Waals surface area contributed by atoms with Gasteiger partial charge in [-0.1, -0.05) is 11.3 Å². The normalized spacial score (nSPS) is 15.6. The van der Waals surface area contributed by atoms with Gasteiger partial charge in [0.05, 0.1) is 0 Å². The van der Waals surface area contributed by atoms with E-state index in [-0.39, 0.29) is 17.9 Å². The first-order valence-corrected chi connectivity index (χ1v) is 10.3. The highest BCUT2D eigenvalue weighted by molar-refractivity contribution is 7.14. The van der Waals surface area contributed by atoms with Gasteiger partial charge >= 0.3 is 6.03 Å². The number of carbonyl (C=O) groups is 1. The fraction of sp³-hybridized carbons (Fsp3) is 0.400. The quantitative estimate of drug-likeness (QED) is 0.706. The monoisotopic (exact) mass is 414 g/mol. The van der Waals surface area contributed by atoms with Crippen molar-refractivity contribution in [2.75, 3.05) is 32.5 Å². The molecule has 2 amide bonds. The molecular formula is C20H23FN6OS. The first-order chi connectivity index (χ1) is 13.9. The van der Waals surface area contributed by atoms with Crippen LogP contribution in [0.2, 0.25) is 0 Å². The predicted molar refractivity (Wildman–Crippen MR) is 113 cm³/mol. The molecule has 1 aromatic carbocycles. The Morgan fingerprint density at radius 1 is 1.28 bits per heavy atom. The maximum absolute atomic E-state index is 14.6. The Kier molecular flexibility index (Phi) is 5.42. The zero-order chi connectivity index (χ0) is 20.5. The molecule has 0 spiro atoms. The number of benzene rings is 1. The summed E-state index contributed by atoms with van der Waals surface area (Å²) >= 11 is 1.41. The number of piperidine rings is 1. The van der Waals surface area contributed by atoms with Crippen LogP contribution in [0.4, 0.5) is 15.0 Å². The molecule has 1 aliphatic heterocycles. The number of nitrogens with one attached hydrogen (secondary N) is 1. The van der Waals surface area contributed by atoms with Crippen LogP contribution in [0.5, 0.6) is 0 Å². The number of anilines is 1. The van der Waals surface area contributed by atoms with Crippen LogP contribution in [0, 0.1) is 12.7 Å². The minimum Gasteiger partial charge on any atom is -0.324 e. The maximum Gasteiger partial charge on any atom is 0.323 e. The SMILES string of the molecule is Cc1nnc(-c2cc(F)c3cnc(NC(=O)N(C)C4CCN(C)CC4)cc3c2)s1. The van der Waals surface area contributed by atoms with Crippen LogP contribution in [-0.2, 0) is 0 Å². The van der Waals surface area contributed by atoms with Gasteiger partial charge in [0.15, 0.2) is 0 Å². The highest BCUT2D eigenvalue weighted by Crippen LogP contribution is 2.29. The van der Waals surface area contributed by atoms with Crippen molar-refractivity contribution in [3.05, 3.63) is 35.2 Å². The lowest BCUT2D eigenvalue weighted by Crippen LogP contribution is -2.46. The van der Waals surface area contributed by atoms with E-state index in [1.165, 1.54) is 23.6 Å². The number of halogens is 1. The number of carbonyl (C=O) groups excluding carboxylic acids is 1. The number of hydrogen-bond donors (Lipinski definition) is 1. The van der Waals surface area contributed by atoms with Gasteiger partial charge in [0.1, 0.15) is 21.7 Å². The number of nitrogens with zero attached hydrogens (tertiary/aromatic N) is 5. The molecule has 9 heteroatoms. The fourth-order valence-electron chi connectivity index (χ4n) is 3.56. The molecule has 0 atom stereocenters. The Morgan fingerprint density at radius 2 is 2.03 bits per heavy atom. The minimum absolute atomic E-state index is 0.205. The average molecular weight is 415 g/mol. The van der Waals surface area contributed by atoms with Gasteiger partial charge in [-0.15, -0.1) is 10.2 Å². The molecule has 0 unspecified atom stereocenters. The molecule has 3 heterocycles. The summed E-state index contributed by atoms with van der Waals surface area (Å²) in [5.74, 6) is 0.0199. The molecule has 1 fully saturated rings. The number of hydrogen-bond acceptors (Lipinski definition) is 6. The van der Waals surface area contributed by atoms with Crippen LogP contribution in [-0.4, -0.2) is 64.2 Å². The van der Waals surface area contributed by atoms with E-state index < -0.39 is 0 Å². The summed E-state index contributed by atoms with van der Waals surface area (Å²) in [5, 5.41) is 13.5. The van der Waals surface area contributed by atoms with Crippen LogP contribution in [0.1, 0.15) is 17.8 Å². The van der Waals surface area contributed by atoms with Crippen molar-refractivity contribution >= 4 is 34.0 Å². The number of aryl methyl sites for hydroxylation is 1. The van der Waals surface area contributed by atoms with Crippen molar-refractivity contribution in [3.63, 3.8) is 0 Å². The Labute approximate surface area is 172 Å². The first kappa shape index (κ1) is 19.7. The number of urea groups is 1. The van der Waals surface area contributed by atoms with E-state index in [1.807, 2.05) is 20.0 Å². The number of amides is 2. The molecule has 0 bridgehead atoms. The summed E-state index contributed by atoms with van der Waals surface area (Å²) < 4.78 is 14.6. The largest absolute Gasteiger partial charge is 0.324 e. The molecule has 0 saturated carbocycles. The van der Waals surface area contributed by atoms with Gasteiger partial charge in [-0.05, 0) is 63.5 Å². The number of likely N-dealkylation sites (tertiary alicyclic amines) is 1. The number of aromatic nitrogens is 3. The van der Waals surface area contributed by atoms with Crippen molar-refractivity contribution < 1.29 is 9.18 Å². The number of fused-ring (bicyclic) bond motifs is 1. The third kappa shape index (κ3) is 4.20. The van der Waals surface area contributed by atoms with Crippen LogP contribution in [0.25, 0.3) is 21.3 Å². The minimum atomic E-state index is -0.376. The molecule has 1 saturated heterocycles. The lowest BCUT2D eigenvalue weighted by molar-refractivity contribution is 0.156. The fourth-order valence-corrected chi connectivity index (χ4v) is 4.24. The summed E-state index contributed by atoms with van der Waals surface area (Å²) in [6.07, 6.45) is 3.34. The molecule has 3 aromatic rings. The Hall–Kier alpha value is -2.65. The van der Waals surface area contributed by atoms with E-state index in [0.29, 0.717) is 27.2 Å². The molecule has 1 N–H and O–H groups in total. The van der Waals surface area contributed by atoms with Crippen molar-refractivity contribution in [2.45, 2.75) is 25.8 Å². The Morgan fingerprint density at radius 3 is 2.72 bits per heavy atom. The van der Waals surface area contributed by atoms with Crippen molar-refractivity contribution in [1.29, 1.82) is 0 Å². The van der Waals surface area contributed by atoms with E-state index in [9.17, 15) is 9.18 Å². The smallest absolute Gasteiger partial charge is 0.323 e. The molecule has 1 aliphatic rings. The van der Waals surface area contributed by atoms with Gasteiger partial charge in [-0.25, -0.2) is 14.2 Å². The second-order valence-corrected chi connectivity index (χ2v) is 8.63. The van der Waals surface area contributed by atoms with Crippen molar-refractivity contribution in [1.82, 2.24) is 25.0 Å². The van der Waals surface area contributed by atoms with Gasteiger partial charge in [0.25, 0.3) is 0 Å². The summed E-state index contributed by atoms with van der Waals surface area (Å²) in [5.41, 5.74) is 0.660. The van der Waals surface area contributed by atoms with E-state index in [2.05, 4.69) is 32.4 Å². The highest BCUT2D eigenvalue weighted by Gasteiger charge is 2.24. The molecule has 2 aromatic heterocycles. The summed E-state index contributed by atoms with van der Waals surface area (Å²) in [6.45, 7) is 3.81. The second kappa shape index (κ2) is 8.00. The van der Waals surface area contributed by atoms with E-state index in [0.717, 1.165) is 30.9 Å². The molecule has 29 heavy (non-hydrogen) atoms. The summed E-state index contributed by atoms with van der Waals surface area (Å²) in [7, 11) is 3.90. The zero-order valence-corrected chi connectivity index (χ0v) is 17.5. The van der Waals surface area contributed by atoms with Crippen molar-refractivity contribution in [3.8, 4) is 10.6 Å². The van der Waals surface area contributed by atoms with Gasteiger partial charge < -0.3 is 9.80 Å². The first-order valence-electron chi connectivity index (χ1n) is 9.53. The maximum atomic E-state index is 14.6. The highest BCUT2D eigenvalue weighted by atomic mass is 32.1. The average Bonchev–Trinajstić information content (AvgIpc) is 3.14. The third-order valence-electron chi connectivity index (χ3n) is 5.35. The third-order valence-corrected chi connectivity index (χ3v) is 6.24. The second-order valence-electron chi connectivity index (χ2n) is 7.45.